The van der Waals surface area contributed by atoms with Crippen LogP contribution in [0.25, 0.3) is 6.08 Å². The molecule has 3 N–H and O–H groups in total. The van der Waals surface area contributed by atoms with Crippen molar-refractivity contribution >= 4 is 18.7 Å². The third-order valence-electron chi connectivity index (χ3n) is 4.07. The minimum atomic E-state index is -0.503. The summed E-state index contributed by atoms with van der Waals surface area (Å²) in [4.78, 5) is 0.839. The Bertz CT molecular complexity index is 620. The molecule has 1 aromatic carbocycles. The van der Waals surface area contributed by atoms with E-state index in [2.05, 4.69) is 51.6 Å². The number of aliphatic hydroxyl groups excluding tert-OH is 1. The predicted molar refractivity (Wildman–Crippen MR) is 98.1 cm³/mol. The zero-order valence-corrected chi connectivity index (χ0v) is 14.4. The van der Waals surface area contributed by atoms with Gasteiger partial charge in [-0.15, -0.1) is 12.6 Å². The van der Waals surface area contributed by atoms with Crippen molar-refractivity contribution in [1.82, 2.24) is 0 Å². The van der Waals surface area contributed by atoms with Gasteiger partial charge >= 0.3 is 0 Å². The van der Waals surface area contributed by atoms with E-state index in [-0.39, 0.29) is 6.04 Å². The molecular formula is C19H25NOS. The number of aryl methyl sites for hydroxylation is 3. The Morgan fingerprint density at radius 1 is 1.32 bits per heavy atom. The van der Waals surface area contributed by atoms with Gasteiger partial charge in [0, 0.05) is 6.04 Å². The normalized spacial score (nSPS) is 20.0. The Morgan fingerprint density at radius 3 is 2.55 bits per heavy atom. The van der Waals surface area contributed by atoms with Gasteiger partial charge in [-0.05, 0) is 66.9 Å². The smallest absolute Gasteiger partial charge is 0.0821 e. The van der Waals surface area contributed by atoms with Crippen molar-refractivity contribution in [2.45, 2.75) is 45.8 Å². The van der Waals surface area contributed by atoms with Gasteiger partial charge in [0.15, 0.2) is 0 Å². The van der Waals surface area contributed by atoms with E-state index in [0.717, 1.165) is 16.9 Å². The van der Waals surface area contributed by atoms with Gasteiger partial charge in [-0.3, -0.25) is 0 Å². The molecule has 2 rings (SSSR count). The molecule has 2 unspecified atom stereocenters. The summed E-state index contributed by atoms with van der Waals surface area (Å²) in [7, 11) is 0. The van der Waals surface area contributed by atoms with Gasteiger partial charge in [0.2, 0.25) is 0 Å². The second kappa shape index (κ2) is 7.32. The molecule has 0 aromatic heterocycles. The Morgan fingerprint density at radius 2 is 1.95 bits per heavy atom. The molecule has 22 heavy (non-hydrogen) atoms. The lowest BCUT2D eigenvalue weighted by Gasteiger charge is -2.19. The Kier molecular flexibility index (Phi) is 5.68. The minimum absolute atomic E-state index is 0.0346. The monoisotopic (exact) mass is 315 g/mol. The Labute approximate surface area is 138 Å². The quantitative estimate of drug-likeness (QED) is 0.739. The number of nitrogens with two attached hydrogens (primary N) is 1. The number of thiol groups is 1. The van der Waals surface area contributed by atoms with Crippen LogP contribution < -0.4 is 5.73 Å². The van der Waals surface area contributed by atoms with Gasteiger partial charge in [-0.2, -0.15) is 0 Å². The molecule has 1 aliphatic rings. The lowest BCUT2D eigenvalue weighted by Crippen LogP contribution is -2.23. The van der Waals surface area contributed by atoms with Gasteiger partial charge < -0.3 is 10.8 Å². The average Bonchev–Trinajstić information content (AvgIpc) is 2.44. The fourth-order valence-electron chi connectivity index (χ4n) is 2.86. The highest BCUT2D eigenvalue weighted by Crippen LogP contribution is 2.23. The lowest BCUT2D eigenvalue weighted by atomic mass is 9.96. The van der Waals surface area contributed by atoms with Crippen molar-refractivity contribution in [3.63, 3.8) is 0 Å². The fourth-order valence-corrected chi connectivity index (χ4v) is 3.11. The van der Waals surface area contributed by atoms with Crippen LogP contribution in [0, 0.1) is 20.8 Å². The van der Waals surface area contributed by atoms with Crippen LogP contribution in [0.1, 0.15) is 35.1 Å². The van der Waals surface area contributed by atoms with Crippen LogP contribution in [-0.4, -0.2) is 17.3 Å². The molecule has 1 aliphatic carbocycles. The van der Waals surface area contributed by atoms with Crippen molar-refractivity contribution in [2.75, 3.05) is 0 Å². The second-order valence-corrected chi connectivity index (χ2v) is 6.60. The molecule has 2 nitrogen and oxygen atoms in total. The summed E-state index contributed by atoms with van der Waals surface area (Å²) in [5, 5.41) is 10.3. The van der Waals surface area contributed by atoms with E-state index in [1.165, 1.54) is 22.3 Å². The maximum atomic E-state index is 10.3. The van der Waals surface area contributed by atoms with Crippen molar-refractivity contribution < 1.29 is 5.11 Å². The molecule has 0 fully saturated rings. The van der Waals surface area contributed by atoms with E-state index in [9.17, 15) is 5.11 Å². The lowest BCUT2D eigenvalue weighted by molar-refractivity contribution is 0.217. The highest BCUT2D eigenvalue weighted by molar-refractivity contribution is 7.84. The van der Waals surface area contributed by atoms with Gasteiger partial charge in [0.05, 0.1) is 6.10 Å². The molecule has 0 aliphatic heterocycles. The van der Waals surface area contributed by atoms with E-state index in [1.807, 2.05) is 18.2 Å². The number of aliphatic hydroxyl groups is 1. The summed E-state index contributed by atoms with van der Waals surface area (Å²) >= 11 is 4.36. The Hall–Kier alpha value is -1.29. The molecule has 118 valence electrons. The molecule has 0 saturated heterocycles. The van der Waals surface area contributed by atoms with Crippen molar-refractivity contribution in [2.24, 2.45) is 5.73 Å². The van der Waals surface area contributed by atoms with Gasteiger partial charge in [0.25, 0.3) is 0 Å². The molecule has 0 amide bonds. The van der Waals surface area contributed by atoms with Crippen molar-refractivity contribution in [1.29, 1.82) is 0 Å². The van der Waals surface area contributed by atoms with Crippen LogP contribution in [0.2, 0.25) is 0 Å². The summed E-state index contributed by atoms with van der Waals surface area (Å²) in [6.45, 7) is 6.35. The van der Waals surface area contributed by atoms with Crippen LogP contribution >= 0.6 is 12.6 Å². The average molecular weight is 315 g/mol. The van der Waals surface area contributed by atoms with E-state index in [1.54, 1.807) is 0 Å². The van der Waals surface area contributed by atoms with E-state index < -0.39 is 6.10 Å². The maximum Gasteiger partial charge on any atom is 0.0821 e. The number of rotatable bonds is 4. The van der Waals surface area contributed by atoms with Crippen molar-refractivity contribution in [3.05, 3.63) is 63.1 Å². The summed E-state index contributed by atoms with van der Waals surface area (Å²) in [6, 6.07) is 4.33. The zero-order chi connectivity index (χ0) is 16.3. The first-order chi connectivity index (χ1) is 10.4. The van der Waals surface area contributed by atoms with Gasteiger partial charge in [0.1, 0.15) is 0 Å². The van der Waals surface area contributed by atoms with E-state index in [4.69, 9.17) is 5.73 Å². The minimum Gasteiger partial charge on any atom is -0.388 e. The molecule has 3 heteroatoms. The summed E-state index contributed by atoms with van der Waals surface area (Å²) in [5.74, 6) is 0. The first-order valence-electron chi connectivity index (χ1n) is 7.67. The predicted octanol–water partition coefficient (Wildman–Crippen LogP) is 3.85. The van der Waals surface area contributed by atoms with Crippen LogP contribution in [0.5, 0.6) is 0 Å². The standard InChI is InChI=1S/C19H25NOS/c1-12-9-13(2)16(14(3)10-12)5-4-6-18(21)15-7-8-17(20)19(22)11-15/h4-5,7,9-11,17-18,21-22H,6,8,20H2,1-3H3/b5-4+. The van der Waals surface area contributed by atoms with Crippen LogP contribution in [-0.2, 0) is 0 Å². The largest absolute Gasteiger partial charge is 0.388 e. The zero-order valence-electron chi connectivity index (χ0n) is 13.5. The first kappa shape index (κ1) is 17.1. The molecule has 1 aromatic rings. The summed E-state index contributed by atoms with van der Waals surface area (Å²) < 4.78 is 0. The molecule has 0 bridgehead atoms. The van der Waals surface area contributed by atoms with Gasteiger partial charge in [-0.25, -0.2) is 0 Å². The second-order valence-electron chi connectivity index (χ2n) is 6.08. The molecular weight excluding hydrogens is 290 g/mol. The number of hydrogen-bond acceptors (Lipinski definition) is 3. The SMILES string of the molecule is Cc1cc(C)c(/C=C/CC(O)C2=CCC(N)C(S)=C2)c(C)c1. The highest BCUT2D eigenvalue weighted by Gasteiger charge is 2.15. The molecule has 0 spiro atoms. The summed E-state index contributed by atoms with van der Waals surface area (Å²) in [6.07, 6.45) is 8.86. The van der Waals surface area contributed by atoms with E-state index >= 15 is 0 Å². The summed E-state index contributed by atoms with van der Waals surface area (Å²) in [5.41, 5.74) is 11.8. The molecule has 2 atom stereocenters. The fraction of sp³-hybridized carbons (Fsp3) is 0.368. The Balaban J connectivity index is 2.04. The van der Waals surface area contributed by atoms with Crippen LogP contribution in [0.4, 0.5) is 0 Å². The third kappa shape index (κ3) is 4.13. The van der Waals surface area contributed by atoms with Crippen molar-refractivity contribution in [3.8, 4) is 0 Å². The third-order valence-corrected chi connectivity index (χ3v) is 4.53. The number of benzene rings is 1. The van der Waals surface area contributed by atoms with E-state index in [0.29, 0.717) is 6.42 Å². The number of hydrogen-bond donors (Lipinski definition) is 3. The topological polar surface area (TPSA) is 46.2 Å². The maximum absolute atomic E-state index is 10.3. The first-order valence-corrected chi connectivity index (χ1v) is 8.12. The molecule has 0 radical (unpaired) electrons. The van der Waals surface area contributed by atoms with Crippen LogP contribution in [0.3, 0.4) is 0 Å². The highest BCUT2D eigenvalue weighted by atomic mass is 32.1. The van der Waals surface area contributed by atoms with Gasteiger partial charge in [-0.1, -0.05) is 35.9 Å². The molecule has 0 saturated carbocycles. The van der Waals surface area contributed by atoms with Crippen LogP contribution in [0.15, 0.2) is 40.8 Å². The molecule has 0 heterocycles.